The van der Waals surface area contributed by atoms with Crippen LogP contribution in [-0.4, -0.2) is 0 Å². The fourth-order valence-corrected chi connectivity index (χ4v) is 2.52. The van der Waals surface area contributed by atoms with Crippen LogP contribution in [0.2, 0.25) is 0 Å². The summed E-state index contributed by atoms with van der Waals surface area (Å²) in [6.45, 7) is 0. The van der Waals surface area contributed by atoms with Crippen LogP contribution in [0.25, 0.3) is 0 Å². The molecule has 0 amide bonds. The standard InChI is InChI=1S/C13H13/c1-2-6-12-10(4-1)8-9-11-5-3-7-13(11)12/h3-5,7-9,12H,1-2,6H2. The summed E-state index contributed by atoms with van der Waals surface area (Å²) in [4.78, 5) is 0. The van der Waals surface area contributed by atoms with Crippen LogP contribution < -0.4 is 0 Å². The average Bonchev–Trinajstić information content (AvgIpc) is 2.65. The van der Waals surface area contributed by atoms with Gasteiger partial charge in [0.1, 0.15) is 0 Å². The molecule has 0 aromatic carbocycles. The molecule has 0 saturated heterocycles. The summed E-state index contributed by atoms with van der Waals surface area (Å²) in [5, 5.41) is 0. The molecular weight excluding hydrogens is 156 g/mol. The SMILES string of the molecule is [CH]1C=CC2=C1C1CCCC=C1C=C2. The van der Waals surface area contributed by atoms with Gasteiger partial charge in [0.2, 0.25) is 0 Å². The lowest BCUT2D eigenvalue weighted by molar-refractivity contribution is 0.585. The van der Waals surface area contributed by atoms with Crippen LogP contribution in [0.4, 0.5) is 0 Å². The van der Waals surface area contributed by atoms with E-state index in [2.05, 4.69) is 36.8 Å². The minimum Gasteiger partial charge on any atom is -0.0807 e. The highest BCUT2D eigenvalue weighted by molar-refractivity contribution is 5.56. The van der Waals surface area contributed by atoms with Crippen molar-refractivity contribution in [1.29, 1.82) is 0 Å². The highest BCUT2D eigenvalue weighted by Crippen LogP contribution is 2.40. The molecule has 0 fully saturated rings. The lowest BCUT2D eigenvalue weighted by Crippen LogP contribution is -2.13. The third-order valence-corrected chi connectivity index (χ3v) is 3.19. The van der Waals surface area contributed by atoms with Crippen LogP contribution >= 0.6 is 0 Å². The summed E-state index contributed by atoms with van der Waals surface area (Å²) >= 11 is 0. The van der Waals surface area contributed by atoms with Crippen molar-refractivity contribution >= 4 is 0 Å². The van der Waals surface area contributed by atoms with E-state index in [0.717, 1.165) is 0 Å². The van der Waals surface area contributed by atoms with E-state index in [1.165, 1.54) is 24.8 Å². The Kier molecular flexibility index (Phi) is 1.55. The molecule has 0 bridgehead atoms. The van der Waals surface area contributed by atoms with Crippen LogP contribution in [0.1, 0.15) is 19.3 Å². The van der Waals surface area contributed by atoms with E-state index < -0.39 is 0 Å². The Labute approximate surface area is 79.3 Å². The van der Waals surface area contributed by atoms with Crippen LogP contribution in [0.15, 0.2) is 47.1 Å². The summed E-state index contributed by atoms with van der Waals surface area (Å²) in [6.07, 6.45) is 17.6. The van der Waals surface area contributed by atoms with Crippen molar-refractivity contribution in [3.63, 3.8) is 0 Å². The third-order valence-electron chi connectivity index (χ3n) is 3.19. The Balaban J connectivity index is 2.05. The first-order chi connectivity index (χ1) is 6.45. The summed E-state index contributed by atoms with van der Waals surface area (Å²) in [6, 6.07) is 0. The van der Waals surface area contributed by atoms with Gasteiger partial charge >= 0.3 is 0 Å². The van der Waals surface area contributed by atoms with Gasteiger partial charge in [-0.05, 0) is 36.0 Å². The summed E-state index contributed by atoms with van der Waals surface area (Å²) in [5.74, 6) is 0.712. The molecule has 1 unspecified atom stereocenters. The molecule has 3 aliphatic rings. The summed E-state index contributed by atoms with van der Waals surface area (Å²) < 4.78 is 0. The second kappa shape index (κ2) is 2.73. The quantitative estimate of drug-likeness (QED) is 0.521. The molecule has 0 aromatic heterocycles. The predicted octanol–water partition coefficient (Wildman–Crippen LogP) is 3.35. The number of fused-ring (bicyclic) bond motifs is 2. The number of allylic oxidation sites excluding steroid dienone is 8. The first-order valence-corrected chi connectivity index (χ1v) is 5.09. The van der Waals surface area contributed by atoms with Crippen molar-refractivity contribution in [3.05, 3.63) is 53.5 Å². The van der Waals surface area contributed by atoms with Crippen molar-refractivity contribution in [2.24, 2.45) is 5.92 Å². The number of rotatable bonds is 0. The zero-order valence-electron chi connectivity index (χ0n) is 7.66. The van der Waals surface area contributed by atoms with E-state index in [0.29, 0.717) is 5.92 Å². The second-order valence-corrected chi connectivity index (χ2v) is 3.96. The van der Waals surface area contributed by atoms with Gasteiger partial charge in [0.05, 0.1) is 0 Å². The molecule has 13 heavy (non-hydrogen) atoms. The smallest absolute Gasteiger partial charge is 0.00961 e. The normalized spacial score (nSPS) is 30.2. The molecule has 0 aromatic rings. The molecule has 0 heteroatoms. The highest BCUT2D eigenvalue weighted by atomic mass is 14.3. The van der Waals surface area contributed by atoms with Gasteiger partial charge in [-0.2, -0.15) is 0 Å². The maximum absolute atomic E-state index is 2.40. The maximum atomic E-state index is 2.40. The molecule has 3 rings (SSSR count). The average molecular weight is 169 g/mol. The van der Waals surface area contributed by atoms with Gasteiger partial charge in [0.15, 0.2) is 0 Å². The second-order valence-electron chi connectivity index (χ2n) is 3.96. The van der Waals surface area contributed by atoms with Crippen molar-refractivity contribution in [1.82, 2.24) is 0 Å². The van der Waals surface area contributed by atoms with Crippen LogP contribution in [0.3, 0.4) is 0 Å². The molecule has 65 valence electrons. The van der Waals surface area contributed by atoms with Crippen LogP contribution in [0, 0.1) is 12.3 Å². The molecule has 0 nitrogen and oxygen atoms in total. The first-order valence-electron chi connectivity index (χ1n) is 5.09. The molecule has 1 radical (unpaired) electrons. The van der Waals surface area contributed by atoms with Crippen LogP contribution in [0.5, 0.6) is 0 Å². The Morgan fingerprint density at radius 3 is 3.15 bits per heavy atom. The largest absolute Gasteiger partial charge is 0.0807 e. The summed E-state index contributed by atoms with van der Waals surface area (Å²) in [5.41, 5.74) is 4.53. The molecule has 0 heterocycles. The van der Waals surface area contributed by atoms with Gasteiger partial charge in [0.25, 0.3) is 0 Å². The lowest BCUT2D eigenvalue weighted by atomic mass is 9.77. The molecule has 0 aliphatic heterocycles. The topological polar surface area (TPSA) is 0 Å². The molecule has 0 spiro atoms. The van der Waals surface area contributed by atoms with Gasteiger partial charge in [-0.3, -0.25) is 0 Å². The minimum absolute atomic E-state index is 0.712. The van der Waals surface area contributed by atoms with Gasteiger partial charge in [-0.1, -0.05) is 30.4 Å². The van der Waals surface area contributed by atoms with Crippen molar-refractivity contribution in [2.75, 3.05) is 0 Å². The van der Waals surface area contributed by atoms with E-state index in [-0.39, 0.29) is 0 Å². The highest BCUT2D eigenvalue weighted by Gasteiger charge is 2.25. The summed E-state index contributed by atoms with van der Waals surface area (Å²) in [7, 11) is 0. The van der Waals surface area contributed by atoms with Crippen molar-refractivity contribution in [2.45, 2.75) is 19.3 Å². The lowest BCUT2D eigenvalue weighted by Gasteiger charge is -2.27. The Bertz CT molecular complexity index is 350. The number of hydrogen-bond donors (Lipinski definition) is 0. The van der Waals surface area contributed by atoms with Gasteiger partial charge in [-0.25, -0.2) is 0 Å². The van der Waals surface area contributed by atoms with Crippen LogP contribution in [-0.2, 0) is 0 Å². The van der Waals surface area contributed by atoms with Gasteiger partial charge in [-0.15, -0.1) is 0 Å². The molecule has 1 atom stereocenters. The fraction of sp³-hybridized carbons (Fsp3) is 0.308. The number of hydrogen-bond acceptors (Lipinski definition) is 0. The van der Waals surface area contributed by atoms with Gasteiger partial charge < -0.3 is 0 Å². The van der Waals surface area contributed by atoms with E-state index in [4.69, 9.17) is 0 Å². The Morgan fingerprint density at radius 1 is 1.15 bits per heavy atom. The van der Waals surface area contributed by atoms with Crippen molar-refractivity contribution < 1.29 is 0 Å². The van der Waals surface area contributed by atoms with Gasteiger partial charge in [0, 0.05) is 12.3 Å². The molecule has 3 aliphatic carbocycles. The van der Waals surface area contributed by atoms with E-state index in [9.17, 15) is 0 Å². The minimum atomic E-state index is 0.712. The Hall–Kier alpha value is -1.04. The molecule has 0 saturated carbocycles. The fourth-order valence-electron chi connectivity index (χ4n) is 2.52. The zero-order valence-corrected chi connectivity index (χ0v) is 7.66. The maximum Gasteiger partial charge on any atom is 0.00961 e. The monoisotopic (exact) mass is 169 g/mol. The molecular formula is C13H13. The van der Waals surface area contributed by atoms with E-state index in [1.54, 1.807) is 11.1 Å². The van der Waals surface area contributed by atoms with E-state index >= 15 is 0 Å². The third kappa shape index (κ3) is 1.05. The predicted molar refractivity (Wildman–Crippen MR) is 55.0 cm³/mol. The zero-order chi connectivity index (χ0) is 8.67. The van der Waals surface area contributed by atoms with E-state index in [1.807, 2.05) is 0 Å². The molecule has 0 N–H and O–H groups in total. The first kappa shape index (κ1) is 7.37. The Morgan fingerprint density at radius 2 is 2.15 bits per heavy atom. The van der Waals surface area contributed by atoms with Crippen molar-refractivity contribution in [3.8, 4) is 0 Å².